The largest absolute Gasteiger partial charge is 0.481 e. The van der Waals surface area contributed by atoms with Crippen molar-refractivity contribution in [1.82, 2.24) is 4.98 Å². The molecule has 3 nitrogen and oxygen atoms in total. The molecule has 0 radical (unpaired) electrons. The van der Waals surface area contributed by atoms with E-state index in [9.17, 15) is 8.78 Å². The molecule has 14 heavy (non-hydrogen) atoms. The van der Waals surface area contributed by atoms with Gasteiger partial charge in [0.2, 0.25) is 5.88 Å². The van der Waals surface area contributed by atoms with Crippen molar-refractivity contribution in [2.24, 2.45) is 0 Å². The summed E-state index contributed by atoms with van der Waals surface area (Å²) in [6.07, 6.45) is -1.60. The smallest absolute Gasteiger partial charge is 0.265 e. The normalized spacial score (nSPS) is 10.0. The quantitative estimate of drug-likeness (QED) is 0.731. The van der Waals surface area contributed by atoms with E-state index in [0.29, 0.717) is 0 Å². The van der Waals surface area contributed by atoms with Crippen LogP contribution in [0.3, 0.4) is 0 Å². The highest BCUT2D eigenvalue weighted by atomic mass is 19.3. The molecule has 0 aromatic carbocycles. The van der Waals surface area contributed by atoms with Gasteiger partial charge in [0.25, 0.3) is 6.43 Å². The van der Waals surface area contributed by atoms with Gasteiger partial charge >= 0.3 is 0 Å². The molecule has 0 spiro atoms. The van der Waals surface area contributed by atoms with E-state index >= 15 is 0 Å². The summed E-state index contributed by atoms with van der Waals surface area (Å²) in [6, 6.07) is 1.67. The summed E-state index contributed by atoms with van der Waals surface area (Å²) in [5.74, 6) is 0.124. The van der Waals surface area contributed by atoms with Gasteiger partial charge in [-0.25, -0.2) is 13.8 Å². The van der Waals surface area contributed by atoms with Crippen LogP contribution in [0.5, 0.6) is 5.88 Å². The molecule has 1 rings (SSSR count). The van der Waals surface area contributed by atoms with E-state index in [1.54, 1.807) is 6.07 Å². The van der Waals surface area contributed by atoms with Gasteiger partial charge in [-0.05, 0) is 6.92 Å². The first-order valence-electron chi connectivity index (χ1n) is 3.83. The average molecular weight is 198 g/mol. The average Bonchev–Trinajstić information content (AvgIpc) is 2.16. The van der Waals surface area contributed by atoms with Gasteiger partial charge in [0.1, 0.15) is 6.07 Å². The first-order valence-corrected chi connectivity index (χ1v) is 3.83. The Kier molecular flexibility index (Phi) is 2.97. The van der Waals surface area contributed by atoms with E-state index in [4.69, 9.17) is 10.00 Å². The van der Waals surface area contributed by atoms with Crippen molar-refractivity contribution < 1.29 is 13.5 Å². The predicted octanol–water partition coefficient (Wildman–Crippen LogP) is 2.21. The van der Waals surface area contributed by atoms with Crippen LogP contribution >= 0.6 is 0 Å². The van der Waals surface area contributed by atoms with Gasteiger partial charge in [0.15, 0.2) is 0 Å². The molecular weight excluding hydrogens is 190 g/mol. The second-order valence-corrected chi connectivity index (χ2v) is 2.63. The maximum atomic E-state index is 12.6. The third kappa shape index (κ3) is 1.64. The number of pyridine rings is 1. The zero-order chi connectivity index (χ0) is 10.7. The molecule has 0 N–H and O–H groups in total. The monoisotopic (exact) mass is 198 g/mol. The van der Waals surface area contributed by atoms with Crippen LogP contribution in [0.15, 0.2) is 6.20 Å². The SMILES string of the molecule is COc1ncc(C#N)c(C(F)F)c1C. The molecule has 0 saturated heterocycles. The Bertz CT molecular complexity index is 385. The summed E-state index contributed by atoms with van der Waals surface area (Å²) in [5, 5.41) is 8.59. The van der Waals surface area contributed by atoms with Gasteiger partial charge in [-0.3, -0.25) is 0 Å². The van der Waals surface area contributed by atoms with Crippen molar-refractivity contribution in [3.63, 3.8) is 0 Å². The van der Waals surface area contributed by atoms with Crippen LogP contribution in [0.4, 0.5) is 8.78 Å². The fourth-order valence-corrected chi connectivity index (χ4v) is 1.18. The summed E-state index contributed by atoms with van der Waals surface area (Å²) in [7, 11) is 1.34. The molecule has 74 valence electrons. The minimum absolute atomic E-state index is 0.113. The van der Waals surface area contributed by atoms with Crippen LogP contribution in [0.2, 0.25) is 0 Å². The minimum Gasteiger partial charge on any atom is -0.481 e. The van der Waals surface area contributed by atoms with Crippen molar-refractivity contribution in [3.8, 4) is 11.9 Å². The Morgan fingerprint density at radius 3 is 2.64 bits per heavy atom. The van der Waals surface area contributed by atoms with E-state index in [0.717, 1.165) is 6.20 Å². The third-order valence-corrected chi connectivity index (χ3v) is 1.86. The molecule has 0 amide bonds. The maximum Gasteiger partial charge on any atom is 0.265 e. The first kappa shape index (κ1) is 10.4. The molecule has 0 unspecified atom stereocenters. The predicted molar refractivity (Wildman–Crippen MR) is 45.2 cm³/mol. The Morgan fingerprint density at radius 2 is 2.21 bits per heavy atom. The lowest BCUT2D eigenvalue weighted by Gasteiger charge is -2.09. The number of halogens is 2. The Hall–Kier alpha value is -1.70. The van der Waals surface area contributed by atoms with Crippen LogP contribution < -0.4 is 4.74 Å². The number of ether oxygens (including phenoxy) is 1. The summed E-state index contributed by atoms with van der Waals surface area (Å²) in [5.41, 5.74) is -0.209. The summed E-state index contributed by atoms with van der Waals surface area (Å²) in [6.45, 7) is 1.45. The molecule has 0 aliphatic heterocycles. The van der Waals surface area contributed by atoms with Gasteiger partial charge in [-0.15, -0.1) is 0 Å². The molecule has 0 aliphatic carbocycles. The van der Waals surface area contributed by atoms with Crippen LogP contribution in [0.25, 0.3) is 0 Å². The lowest BCUT2D eigenvalue weighted by Crippen LogP contribution is -2.00. The van der Waals surface area contributed by atoms with Crippen LogP contribution in [-0.4, -0.2) is 12.1 Å². The molecule has 0 atom stereocenters. The lowest BCUT2D eigenvalue weighted by molar-refractivity contribution is 0.149. The molecule has 0 bridgehead atoms. The Balaban J connectivity index is 3.41. The number of nitrogens with zero attached hydrogens (tertiary/aromatic N) is 2. The van der Waals surface area contributed by atoms with Crippen molar-refractivity contribution in [2.75, 3.05) is 7.11 Å². The van der Waals surface area contributed by atoms with Crippen molar-refractivity contribution in [2.45, 2.75) is 13.3 Å². The number of aromatic nitrogens is 1. The van der Waals surface area contributed by atoms with Crippen molar-refractivity contribution in [3.05, 3.63) is 22.9 Å². The maximum absolute atomic E-state index is 12.6. The number of hydrogen-bond acceptors (Lipinski definition) is 3. The second kappa shape index (κ2) is 4.01. The van der Waals surface area contributed by atoms with E-state index in [1.807, 2.05) is 0 Å². The molecule has 1 heterocycles. The zero-order valence-corrected chi connectivity index (χ0v) is 7.71. The highest BCUT2D eigenvalue weighted by Crippen LogP contribution is 2.29. The molecule has 1 aromatic heterocycles. The van der Waals surface area contributed by atoms with Gasteiger partial charge in [0.05, 0.1) is 12.7 Å². The number of hydrogen-bond donors (Lipinski definition) is 0. The van der Waals surface area contributed by atoms with Gasteiger partial charge in [-0.1, -0.05) is 0 Å². The summed E-state index contributed by atoms with van der Waals surface area (Å²) < 4.78 is 29.9. The third-order valence-electron chi connectivity index (χ3n) is 1.86. The molecule has 0 aliphatic rings. The molecule has 5 heteroatoms. The van der Waals surface area contributed by atoms with E-state index < -0.39 is 6.43 Å². The Labute approximate surface area is 79.9 Å². The summed E-state index contributed by atoms with van der Waals surface area (Å²) in [4.78, 5) is 3.73. The van der Waals surface area contributed by atoms with E-state index in [1.165, 1.54) is 14.0 Å². The highest BCUT2D eigenvalue weighted by Gasteiger charge is 2.19. The van der Waals surface area contributed by atoms with Crippen LogP contribution in [0.1, 0.15) is 23.1 Å². The van der Waals surface area contributed by atoms with Crippen molar-refractivity contribution >= 4 is 0 Å². The molecule has 1 aromatic rings. The molecule has 0 fully saturated rings. The molecular formula is C9H8F2N2O. The van der Waals surface area contributed by atoms with E-state index in [-0.39, 0.29) is 22.6 Å². The fraction of sp³-hybridized carbons (Fsp3) is 0.333. The van der Waals surface area contributed by atoms with Gasteiger partial charge in [-0.2, -0.15) is 5.26 Å². The number of alkyl halides is 2. The highest BCUT2D eigenvalue weighted by molar-refractivity contribution is 5.45. The van der Waals surface area contributed by atoms with Crippen LogP contribution in [0, 0.1) is 18.3 Å². The topological polar surface area (TPSA) is 45.9 Å². The fourth-order valence-electron chi connectivity index (χ4n) is 1.18. The zero-order valence-electron chi connectivity index (χ0n) is 7.71. The van der Waals surface area contributed by atoms with Gasteiger partial charge in [0, 0.05) is 17.3 Å². The van der Waals surface area contributed by atoms with Gasteiger partial charge < -0.3 is 4.74 Å². The second-order valence-electron chi connectivity index (χ2n) is 2.63. The molecule has 0 saturated carbocycles. The van der Waals surface area contributed by atoms with E-state index in [2.05, 4.69) is 4.98 Å². The number of rotatable bonds is 2. The standard InChI is InChI=1S/C9H8F2N2O/c1-5-7(8(10)11)6(3-12)4-13-9(5)14-2/h4,8H,1-2H3. The number of nitriles is 1. The van der Waals surface area contributed by atoms with Crippen LogP contribution in [-0.2, 0) is 0 Å². The van der Waals surface area contributed by atoms with Crippen molar-refractivity contribution in [1.29, 1.82) is 5.26 Å². The summed E-state index contributed by atoms with van der Waals surface area (Å²) >= 11 is 0. The first-order chi connectivity index (χ1) is 6.61. The Morgan fingerprint density at radius 1 is 1.57 bits per heavy atom. The number of methoxy groups -OCH3 is 1. The lowest BCUT2D eigenvalue weighted by atomic mass is 10.1. The minimum atomic E-state index is -2.69.